The summed E-state index contributed by atoms with van der Waals surface area (Å²) in [6.45, 7) is 2.12. The summed E-state index contributed by atoms with van der Waals surface area (Å²) in [5, 5.41) is 10.9. The molecule has 1 atom stereocenters. The topological polar surface area (TPSA) is 59.4 Å². The van der Waals surface area contributed by atoms with Gasteiger partial charge in [0.1, 0.15) is 0 Å². The molecule has 1 unspecified atom stereocenters. The van der Waals surface area contributed by atoms with Gasteiger partial charge in [0.05, 0.1) is 0 Å². The van der Waals surface area contributed by atoms with Gasteiger partial charge < -0.3 is 9.84 Å². The predicted octanol–water partition coefficient (Wildman–Crippen LogP) is 2.40. The first-order valence-corrected chi connectivity index (χ1v) is 5.41. The Balaban J connectivity index is 2.56. The molecule has 1 N–H and O–H groups in total. The molecule has 0 aliphatic carbocycles. The molecule has 2 rings (SSSR count). The Hall–Kier alpha value is -1.94. The first-order valence-electron chi connectivity index (χ1n) is 5.41. The van der Waals surface area contributed by atoms with E-state index in [9.17, 15) is 4.79 Å². The zero-order valence-electron chi connectivity index (χ0n) is 9.46. The molecule has 0 saturated heterocycles. The number of aliphatic carboxylic acids is 1. The molecule has 1 aromatic heterocycles. The van der Waals surface area contributed by atoms with Gasteiger partial charge in [-0.1, -0.05) is 24.3 Å². The van der Waals surface area contributed by atoms with Crippen LogP contribution in [0.2, 0.25) is 0 Å². The lowest BCUT2D eigenvalue weighted by Gasteiger charge is -2.14. The van der Waals surface area contributed by atoms with Crippen LogP contribution in [0.25, 0.3) is 10.8 Å². The highest BCUT2D eigenvalue weighted by molar-refractivity contribution is 5.89. The summed E-state index contributed by atoms with van der Waals surface area (Å²) >= 11 is 0. The number of carboxylic acid groups (broad SMARTS) is 1. The van der Waals surface area contributed by atoms with Gasteiger partial charge in [-0.3, -0.25) is 4.98 Å². The van der Waals surface area contributed by atoms with Gasteiger partial charge in [0.2, 0.25) is 0 Å². The summed E-state index contributed by atoms with van der Waals surface area (Å²) in [5.74, 6) is -0.995. The summed E-state index contributed by atoms with van der Waals surface area (Å²) in [6.07, 6.45) is 2.30. The van der Waals surface area contributed by atoms with E-state index >= 15 is 0 Å². The Morgan fingerprint density at radius 2 is 2.18 bits per heavy atom. The molecule has 0 radical (unpaired) electrons. The zero-order chi connectivity index (χ0) is 12.3. The maximum Gasteiger partial charge on any atom is 0.337 e. The Morgan fingerprint density at radius 1 is 1.41 bits per heavy atom. The van der Waals surface area contributed by atoms with E-state index < -0.39 is 12.1 Å². The number of fused-ring (bicyclic) bond motifs is 1. The Bertz CT molecular complexity index is 534. The molecule has 2 aromatic rings. The monoisotopic (exact) mass is 231 g/mol. The van der Waals surface area contributed by atoms with Gasteiger partial charge >= 0.3 is 5.97 Å². The second-order valence-electron chi connectivity index (χ2n) is 3.62. The fourth-order valence-electron chi connectivity index (χ4n) is 1.81. The summed E-state index contributed by atoms with van der Waals surface area (Å²) < 4.78 is 5.26. The summed E-state index contributed by atoms with van der Waals surface area (Å²) in [5.41, 5.74) is 0.595. The van der Waals surface area contributed by atoms with Crippen LogP contribution in [-0.2, 0) is 9.53 Å². The fraction of sp³-hybridized carbons (Fsp3) is 0.231. The van der Waals surface area contributed by atoms with Gasteiger partial charge in [-0.15, -0.1) is 0 Å². The minimum atomic E-state index is -0.995. The highest BCUT2D eigenvalue weighted by atomic mass is 16.5. The smallest absolute Gasteiger partial charge is 0.337 e. The molecule has 0 aliphatic rings. The second kappa shape index (κ2) is 4.93. The van der Waals surface area contributed by atoms with Crippen molar-refractivity contribution in [3.8, 4) is 0 Å². The van der Waals surface area contributed by atoms with Gasteiger partial charge in [-0.25, -0.2) is 4.79 Å². The number of carbonyl (C=O) groups is 1. The fourth-order valence-corrected chi connectivity index (χ4v) is 1.81. The SMILES string of the molecule is CCOC(C(=O)O)c1cncc2ccccc12. The van der Waals surface area contributed by atoms with E-state index in [-0.39, 0.29) is 0 Å². The molecule has 0 spiro atoms. The van der Waals surface area contributed by atoms with Crippen LogP contribution < -0.4 is 0 Å². The van der Waals surface area contributed by atoms with Crippen LogP contribution in [0.4, 0.5) is 0 Å². The molecule has 0 bridgehead atoms. The maximum atomic E-state index is 11.2. The molecule has 0 aliphatic heterocycles. The number of benzene rings is 1. The highest BCUT2D eigenvalue weighted by Gasteiger charge is 2.22. The minimum Gasteiger partial charge on any atom is -0.479 e. The molecular weight excluding hydrogens is 218 g/mol. The van der Waals surface area contributed by atoms with Crippen LogP contribution in [0, 0.1) is 0 Å². The third-order valence-corrected chi connectivity index (χ3v) is 2.54. The number of hydrogen-bond acceptors (Lipinski definition) is 3. The molecule has 0 saturated carbocycles. The molecule has 1 aromatic carbocycles. The summed E-state index contributed by atoms with van der Waals surface area (Å²) in [7, 11) is 0. The van der Waals surface area contributed by atoms with Crippen molar-refractivity contribution in [3.63, 3.8) is 0 Å². The summed E-state index contributed by atoms with van der Waals surface area (Å²) in [6, 6.07) is 7.54. The average molecular weight is 231 g/mol. The molecule has 1 heterocycles. The Labute approximate surface area is 98.9 Å². The third-order valence-electron chi connectivity index (χ3n) is 2.54. The van der Waals surface area contributed by atoms with Gasteiger partial charge in [-0.2, -0.15) is 0 Å². The van der Waals surface area contributed by atoms with Crippen LogP contribution in [0.1, 0.15) is 18.6 Å². The lowest BCUT2D eigenvalue weighted by molar-refractivity contribution is -0.150. The van der Waals surface area contributed by atoms with Crippen LogP contribution in [-0.4, -0.2) is 22.7 Å². The quantitative estimate of drug-likeness (QED) is 0.877. The zero-order valence-corrected chi connectivity index (χ0v) is 9.46. The van der Waals surface area contributed by atoms with Crippen LogP contribution in [0.3, 0.4) is 0 Å². The first kappa shape index (κ1) is 11.5. The largest absolute Gasteiger partial charge is 0.479 e. The van der Waals surface area contributed by atoms with E-state index in [1.54, 1.807) is 19.3 Å². The van der Waals surface area contributed by atoms with Crippen LogP contribution in [0.5, 0.6) is 0 Å². The highest BCUT2D eigenvalue weighted by Crippen LogP contribution is 2.25. The average Bonchev–Trinajstić information content (AvgIpc) is 2.35. The normalized spacial score (nSPS) is 12.5. The van der Waals surface area contributed by atoms with Gasteiger partial charge in [0.15, 0.2) is 6.10 Å². The van der Waals surface area contributed by atoms with E-state index in [0.29, 0.717) is 12.2 Å². The van der Waals surface area contributed by atoms with Crippen molar-refractivity contribution in [1.29, 1.82) is 0 Å². The van der Waals surface area contributed by atoms with E-state index in [4.69, 9.17) is 9.84 Å². The van der Waals surface area contributed by atoms with Gasteiger partial charge in [0, 0.05) is 30.0 Å². The van der Waals surface area contributed by atoms with Crippen molar-refractivity contribution in [2.24, 2.45) is 0 Å². The lowest BCUT2D eigenvalue weighted by Crippen LogP contribution is -2.15. The van der Waals surface area contributed by atoms with Crippen LogP contribution >= 0.6 is 0 Å². The second-order valence-corrected chi connectivity index (χ2v) is 3.62. The van der Waals surface area contributed by atoms with Gasteiger partial charge in [-0.05, 0) is 12.3 Å². The van der Waals surface area contributed by atoms with Crippen molar-refractivity contribution >= 4 is 16.7 Å². The van der Waals surface area contributed by atoms with E-state index in [2.05, 4.69) is 4.98 Å². The third kappa shape index (κ3) is 2.26. The molecule has 0 amide bonds. The van der Waals surface area contributed by atoms with E-state index in [1.165, 1.54) is 0 Å². The predicted molar refractivity (Wildman–Crippen MR) is 63.7 cm³/mol. The molecule has 4 heteroatoms. The van der Waals surface area contributed by atoms with E-state index in [1.807, 2.05) is 24.3 Å². The standard InChI is InChI=1S/C13H13NO3/c1-2-17-12(13(15)16)11-8-14-7-9-5-3-4-6-10(9)11/h3-8,12H,2H2,1H3,(H,15,16). The first-order chi connectivity index (χ1) is 8.24. The molecule has 4 nitrogen and oxygen atoms in total. The maximum absolute atomic E-state index is 11.2. The Morgan fingerprint density at radius 3 is 2.88 bits per heavy atom. The number of rotatable bonds is 4. The van der Waals surface area contributed by atoms with Crippen molar-refractivity contribution in [1.82, 2.24) is 4.98 Å². The number of carboxylic acids is 1. The number of aromatic nitrogens is 1. The number of nitrogens with zero attached hydrogens (tertiary/aromatic N) is 1. The lowest BCUT2D eigenvalue weighted by atomic mass is 10.0. The molecule has 17 heavy (non-hydrogen) atoms. The van der Waals surface area contributed by atoms with Crippen molar-refractivity contribution in [3.05, 3.63) is 42.2 Å². The van der Waals surface area contributed by atoms with Crippen molar-refractivity contribution in [2.75, 3.05) is 6.61 Å². The minimum absolute atomic E-state index is 0.347. The number of ether oxygens (including phenoxy) is 1. The van der Waals surface area contributed by atoms with Crippen molar-refractivity contribution in [2.45, 2.75) is 13.0 Å². The molecule has 0 fully saturated rings. The Kier molecular flexibility index (Phi) is 3.35. The molecular formula is C13H13NO3. The van der Waals surface area contributed by atoms with Crippen molar-refractivity contribution < 1.29 is 14.6 Å². The van der Waals surface area contributed by atoms with Gasteiger partial charge in [0.25, 0.3) is 0 Å². The van der Waals surface area contributed by atoms with Crippen LogP contribution in [0.15, 0.2) is 36.7 Å². The number of pyridine rings is 1. The molecule has 88 valence electrons. The van der Waals surface area contributed by atoms with E-state index in [0.717, 1.165) is 10.8 Å². The number of hydrogen-bond donors (Lipinski definition) is 1. The summed E-state index contributed by atoms with van der Waals surface area (Å²) in [4.78, 5) is 15.2.